The molecule has 100 valence electrons. The fourth-order valence-corrected chi connectivity index (χ4v) is 2.10. The van der Waals surface area contributed by atoms with Crippen LogP contribution in [0.2, 0.25) is 0 Å². The van der Waals surface area contributed by atoms with Gasteiger partial charge in [-0.15, -0.1) is 0 Å². The van der Waals surface area contributed by atoms with Gasteiger partial charge in [0, 0.05) is 10.9 Å². The van der Waals surface area contributed by atoms with Gasteiger partial charge in [-0.2, -0.15) is 0 Å². The molecule has 2 aromatic carbocycles. The topological polar surface area (TPSA) is 65.2 Å². The van der Waals surface area contributed by atoms with Gasteiger partial charge < -0.3 is 19.6 Å². The van der Waals surface area contributed by atoms with Crippen LogP contribution in [0.4, 0.5) is 0 Å². The van der Waals surface area contributed by atoms with E-state index in [0.29, 0.717) is 12.4 Å². The van der Waals surface area contributed by atoms with E-state index in [9.17, 15) is 9.90 Å². The lowest BCUT2D eigenvalue weighted by Crippen LogP contribution is -2.22. The van der Waals surface area contributed by atoms with Gasteiger partial charge in [-0.05, 0) is 23.8 Å². The SMILES string of the molecule is O=C([O-])c1cc2c(OCc3ccccc3)cccc2[nH]1. The van der Waals surface area contributed by atoms with Gasteiger partial charge in [0.05, 0.1) is 11.7 Å². The number of H-pyrrole nitrogens is 1. The molecule has 0 aliphatic carbocycles. The van der Waals surface area contributed by atoms with Crippen LogP contribution in [-0.4, -0.2) is 11.0 Å². The molecule has 0 aliphatic rings. The number of aromatic carboxylic acids is 1. The number of ether oxygens (including phenoxy) is 1. The quantitative estimate of drug-likeness (QED) is 0.786. The van der Waals surface area contributed by atoms with Gasteiger partial charge in [0.1, 0.15) is 12.4 Å². The summed E-state index contributed by atoms with van der Waals surface area (Å²) in [4.78, 5) is 13.7. The summed E-state index contributed by atoms with van der Waals surface area (Å²) in [6, 6.07) is 16.8. The first-order valence-corrected chi connectivity index (χ1v) is 6.24. The lowest BCUT2D eigenvalue weighted by atomic mass is 10.2. The molecule has 1 aromatic heterocycles. The molecule has 3 rings (SSSR count). The van der Waals surface area contributed by atoms with Crippen molar-refractivity contribution in [2.45, 2.75) is 6.61 Å². The summed E-state index contributed by atoms with van der Waals surface area (Å²) in [5.41, 5.74) is 1.82. The van der Waals surface area contributed by atoms with E-state index in [0.717, 1.165) is 16.5 Å². The highest BCUT2D eigenvalue weighted by atomic mass is 16.5. The average Bonchev–Trinajstić information content (AvgIpc) is 2.91. The van der Waals surface area contributed by atoms with Gasteiger partial charge in [0.25, 0.3) is 0 Å². The fourth-order valence-electron chi connectivity index (χ4n) is 2.10. The first-order valence-electron chi connectivity index (χ1n) is 6.24. The maximum atomic E-state index is 10.9. The van der Waals surface area contributed by atoms with Crippen LogP contribution in [0.25, 0.3) is 10.9 Å². The maximum absolute atomic E-state index is 10.9. The Bertz CT molecular complexity index is 747. The number of aromatic amines is 1. The maximum Gasteiger partial charge on any atom is 0.129 e. The van der Waals surface area contributed by atoms with E-state index in [4.69, 9.17) is 4.74 Å². The highest BCUT2D eigenvalue weighted by Gasteiger charge is 2.07. The molecule has 0 bridgehead atoms. The first kappa shape index (κ1) is 12.3. The summed E-state index contributed by atoms with van der Waals surface area (Å²) >= 11 is 0. The minimum atomic E-state index is -1.23. The number of hydrogen-bond donors (Lipinski definition) is 1. The van der Waals surface area contributed by atoms with Gasteiger partial charge in [0.15, 0.2) is 0 Å². The highest BCUT2D eigenvalue weighted by molar-refractivity contribution is 5.95. The molecule has 0 fully saturated rings. The molecule has 0 spiro atoms. The van der Waals surface area contributed by atoms with Gasteiger partial charge in [-0.3, -0.25) is 0 Å². The summed E-state index contributed by atoms with van der Waals surface area (Å²) in [7, 11) is 0. The minimum absolute atomic E-state index is 0.0516. The predicted octanol–water partition coefficient (Wildman–Crippen LogP) is 2.11. The van der Waals surface area contributed by atoms with Crippen LogP contribution in [-0.2, 0) is 6.61 Å². The number of fused-ring (bicyclic) bond motifs is 1. The smallest absolute Gasteiger partial charge is 0.129 e. The van der Waals surface area contributed by atoms with E-state index in [1.165, 1.54) is 6.07 Å². The van der Waals surface area contributed by atoms with Crippen molar-refractivity contribution in [1.82, 2.24) is 4.98 Å². The Labute approximate surface area is 115 Å². The molecule has 0 amide bonds. The largest absolute Gasteiger partial charge is 0.543 e. The second-order valence-electron chi connectivity index (χ2n) is 4.46. The summed E-state index contributed by atoms with van der Waals surface area (Å²) in [6.07, 6.45) is 0. The lowest BCUT2D eigenvalue weighted by molar-refractivity contribution is -0.255. The third kappa shape index (κ3) is 2.36. The molecule has 3 aromatic rings. The zero-order valence-corrected chi connectivity index (χ0v) is 10.6. The van der Waals surface area contributed by atoms with Crippen molar-refractivity contribution in [1.29, 1.82) is 0 Å². The first-order chi connectivity index (χ1) is 9.74. The predicted molar refractivity (Wildman–Crippen MR) is 73.4 cm³/mol. The molecule has 0 saturated heterocycles. The summed E-state index contributed by atoms with van der Waals surface area (Å²) in [5, 5.41) is 11.6. The van der Waals surface area contributed by atoms with Crippen LogP contribution in [0.3, 0.4) is 0 Å². The molecule has 0 atom stereocenters. The zero-order valence-electron chi connectivity index (χ0n) is 10.6. The van der Waals surface area contributed by atoms with Crippen LogP contribution in [0.5, 0.6) is 5.75 Å². The average molecular weight is 266 g/mol. The highest BCUT2D eigenvalue weighted by Crippen LogP contribution is 2.26. The second-order valence-corrected chi connectivity index (χ2v) is 4.46. The number of rotatable bonds is 4. The van der Waals surface area contributed by atoms with Crippen molar-refractivity contribution >= 4 is 16.9 Å². The van der Waals surface area contributed by atoms with E-state index >= 15 is 0 Å². The van der Waals surface area contributed by atoms with Crippen molar-refractivity contribution in [2.75, 3.05) is 0 Å². The van der Waals surface area contributed by atoms with Crippen molar-refractivity contribution in [3.8, 4) is 5.75 Å². The summed E-state index contributed by atoms with van der Waals surface area (Å²) in [6.45, 7) is 0.436. The molecule has 1 N–H and O–H groups in total. The van der Waals surface area contributed by atoms with Crippen LogP contribution in [0.1, 0.15) is 16.1 Å². The van der Waals surface area contributed by atoms with Gasteiger partial charge in [-0.25, -0.2) is 0 Å². The van der Waals surface area contributed by atoms with Crippen LogP contribution in [0, 0.1) is 0 Å². The van der Waals surface area contributed by atoms with E-state index in [2.05, 4.69) is 4.98 Å². The van der Waals surface area contributed by atoms with E-state index in [-0.39, 0.29) is 5.69 Å². The minimum Gasteiger partial charge on any atom is -0.543 e. The molecule has 0 aliphatic heterocycles. The van der Waals surface area contributed by atoms with Crippen molar-refractivity contribution < 1.29 is 14.6 Å². The van der Waals surface area contributed by atoms with Gasteiger partial charge in [-0.1, -0.05) is 36.4 Å². The van der Waals surface area contributed by atoms with E-state index < -0.39 is 5.97 Å². The monoisotopic (exact) mass is 266 g/mol. The molecule has 20 heavy (non-hydrogen) atoms. The van der Waals surface area contributed by atoms with Gasteiger partial charge in [0.2, 0.25) is 0 Å². The molecule has 0 saturated carbocycles. The fraction of sp³-hybridized carbons (Fsp3) is 0.0625. The molecule has 1 heterocycles. The number of nitrogens with one attached hydrogen (secondary N) is 1. The normalized spacial score (nSPS) is 10.6. The molecular formula is C16H12NO3-. The van der Waals surface area contributed by atoms with Crippen LogP contribution in [0.15, 0.2) is 54.6 Å². The summed E-state index contributed by atoms with van der Waals surface area (Å²) < 4.78 is 5.77. The van der Waals surface area contributed by atoms with Crippen LogP contribution >= 0.6 is 0 Å². The molecule has 0 unspecified atom stereocenters. The van der Waals surface area contributed by atoms with Crippen LogP contribution < -0.4 is 9.84 Å². The Morgan fingerprint density at radius 2 is 1.90 bits per heavy atom. The number of hydrogen-bond acceptors (Lipinski definition) is 3. The number of carbonyl (C=O) groups is 1. The number of benzene rings is 2. The molecule has 4 heteroatoms. The number of carboxylic acid groups (broad SMARTS) is 1. The van der Waals surface area contributed by atoms with E-state index in [1.807, 2.05) is 42.5 Å². The Morgan fingerprint density at radius 3 is 2.65 bits per heavy atom. The molecule has 0 radical (unpaired) electrons. The third-order valence-electron chi connectivity index (χ3n) is 3.08. The van der Waals surface area contributed by atoms with Crippen molar-refractivity contribution in [2.24, 2.45) is 0 Å². The van der Waals surface area contributed by atoms with Gasteiger partial charge >= 0.3 is 0 Å². The number of aromatic nitrogens is 1. The lowest BCUT2D eigenvalue weighted by Gasteiger charge is -2.07. The number of carboxylic acids is 1. The third-order valence-corrected chi connectivity index (χ3v) is 3.08. The second kappa shape index (κ2) is 5.09. The summed E-state index contributed by atoms with van der Waals surface area (Å²) in [5.74, 6) is -0.578. The Balaban J connectivity index is 1.89. The number of carbonyl (C=O) groups excluding carboxylic acids is 1. The Kier molecular flexibility index (Phi) is 3.13. The molecular weight excluding hydrogens is 254 g/mol. The van der Waals surface area contributed by atoms with Crippen molar-refractivity contribution in [3.63, 3.8) is 0 Å². The standard InChI is InChI=1S/C16H13NO3/c18-16(19)14-9-12-13(17-14)7-4-8-15(12)20-10-11-5-2-1-3-6-11/h1-9,17H,10H2,(H,18,19)/p-1. The van der Waals surface area contributed by atoms with E-state index in [1.54, 1.807) is 6.07 Å². The zero-order chi connectivity index (χ0) is 13.9. The molecule has 4 nitrogen and oxygen atoms in total. The Morgan fingerprint density at radius 1 is 1.10 bits per heavy atom. The van der Waals surface area contributed by atoms with Crippen molar-refractivity contribution in [3.05, 3.63) is 65.9 Å². The Hall–Kier alpha value is -2.75.